The van der Waals surface area contributed by atoms with Crippen LogP contribution in [0.15, 0.2) is 42.7 Å². The van der Waals surface area contributed by atoms with Crippen LogP contribution in [0, 0.1) is 0 Å². The number of carbonyl (C=O) groups is 2. The second kappa shape index (κ2) is 7.08. The smallest absolute Gasteiger partial charge is 0.335 e. The van der Waals surface area contributed by atoms with Crippen molar-refractivity contribution >= 4 is 17.8 Å². The van der Waals surface area contributed by atoms with Crippen LogP contribution in [0.1, 0.15) is 33.6 Å². The normalized spacial score (nSPS) is 15.1. The predicted molar refractivity (Wildman–Crippen MR) is 88.1 cm³/mol. The SMILES string of the molecule is O=C(O)c1ccc(C(=O)NC2CCN(c3ncccn3)CC2)cc1. The Morgan fingerprint density at radius 2 is 1.62 bits per heavy atom. The number of amides is 1. The van der Waals surface area contributed by atoms with Gasteiger partial charge < -0.3 is 15.3 Å². The average Bonchev–Trinajstić information content (AvgIpc) is 2.63. The minimum atomic E-state index is -1.00. The molecule has 1 aromatic heterocycles. The largest absolute Gasteiger partial charge is 0.478 e. The van der Waals surface area contributed by atoms with Crippen molar-refractivity contribution in [2.75, 3.05) is 18.0 Å². The fourth-order valence-corrected chi connectivity index (χ4v) is 2.71. The fourth-order valence-electron chi connectivity index (χ4n) is 2.71. The maximum atomic E-state index is 12.2. The van der Waals surface area contributed by atoms with Crippen LogP contribution >= 0.6 is 0 Å². The quantitative estimate of drug-likeness (QED) is 0.885. The second-order valence-corrected chi connectivity index (χ2v) is 5.67. The maximum absolute atomic E-state index is 12.2. The number of carboxylic acids is 1. The Kier molecular flexibility index (Phi) is 4.69. The summed E-state index contributed by atoms with van der Waals surface area (Å²) in [6.45, 7) is 1.57. The monoisotopic (exact) mass is 326 g/mol. The first-order valence-corrected chi connectivity index (χ1v) is 7.79. The van der Waals surface area contributed by atoms with E-state index in [1.807, 2.05) is 0 Å². The number of carbonyl (C=O) groups excluding carboxylic acids is 1. The summed E-state index contributed by atoms with van der Waals surface area (Å²) in [6.07, 6.45) is 5.07. The number of aromatic carboxylic acids is 1. The zero-order valence-electron chi connectivity index (χ0n) is 13.1. The van der Waals surface area contributed by atoms with Crippen molar-refractivity contribution in [3.05, 3.63) is 53.9 Å². The number of rotatable bonds is 4. The molecule has 0 atom stereocenters. The molecule has 124 valence electrons. The third-order valence-corrected chi connectivity index (χ3v) is 4.06. The highest BCUT2D eigenvalue weighted by Crippen LogP contribution is 2.16. The summed E-state index contributed by atoms with van der Waals surface area (Å²) in [4.78, 5) is 33.7. The number of benzene rings is 1. The standard InChI is InChI=1S/C17H18N4O3/c22-15(12-2-4-13(5-3-12)16(23)24)20-14-6-10-21(11-7-14)17-18-8-1-9-19-17/h1-5,8-9,14H,6-7,10-11H2,(H,20,22)(H,23,24). The summed E-state index contributed by atoms with van der Waals surface area (Å²) in [6, 6.07) is 7.82. The minimum Gasteiger partial charge on any atom is -0.478 e. The van der Waals surface area contributed by atoms with Crippen LogP contribution in [0.25, 0.3) is 0 Å². The number of aromatic nitrogens is 2. The van der Waals surface area contributed by atoms with Crippen LogP contribution < -0.4 is 10.2 Å². The van der Waals surface area contributed by atoms with Crippen molar-refractivity contribution < 1.29 is 14.7 Å². The number of nitrogens with one attached hydrogen (secondary N) is 1. The van der Waals surface area contributed by atoms with E-state index >= 15 is 0 Å². The van der Waals surface area contributed by atoms with Gasteiger partial charge in [0.25, 0.3) is 5.91 Å². The molecule has 2 N–H and O–H groups in total. The highest BCUT2D eigenvalue weighted by Gasteiger charge is 2.22. The van der Waals surface area contributed by atoms with Crippen LogP contribution in [-0.4, -0.2) is 46.1 Å². The zero-order chi connectivity index (χ0) is 16.9. The van der Waals surface area contributed by atoms with Crippen LogP contribution in [0.3, 0.4) is 0 Å². The molecular formula is C17H18N4O3. The maximum Gasteiger partial charge on any atom is 0.335 e. The Balaban J connectivity index is 1.54. The molecule has 3 rings (SSSR count). The molecule has 1 aromatic carbocycles. The van der Waals surface area contributed by atoms with Crippen molar-refractivity contribution in [1.82, 2.24) is 15.3 Å². The third-order valence-electron chi connectivity index (χ3n) is 4.06. The number of piperidine rings is 1. The Bertz CT molecular complexity index is 710. The van der Waals surface area contributed by atoms with Gasteiger partial charge in [0, 0.05) is 37.1 Å². The van der Waals surface area contributed by atoms with Crippen LogP contribution in [0.4, 0.5) is 5.95 Å². The molecular weight excluding hydrogens is 308 g/mol. The van der Waals surface area contributed by atoms with Gasteiger partial charge in [0.15, 0.2) is 0 Å². The van der Waals surface area contributed by atoms with Crippen LogP contribution in [0.5, 0.6) is 0 Å². The van der Waals surface area contributed by atoms with E-state index in [4.69, 9.17) is 5.11 Å². The number of anilines is 1. The van der Waals surface area contributed by atoms with Gasteiger partial charge in [0.2, 0.25) is 5.95 Å². The van der Waals surface area contributed by atoms with Gasteiger partial charge >= 0.3 is 5.97 Å². The molecule has 2 aromatic rings. The van der Waals surface area contributed by atoms with Gasteiger partial charge in [-0.1, -0.05) is 0 Å². The van der Waals surface area contributed by atoms with Crippen molar-refractivity contribution in [3.8, 4) is 0 Å². The molecule has 1 aliphatic heterocycles. The summed E-state index contributed by atoms with van der Waals surface area (Å²) in [5.74, 6) is -0.467. The molecule has 0 spiro atoms. The highest BCUT2D eigenvalue weighted by atomic mass is 16.4. The Labute approximate surface area is 139 Å². The van der Waals surface area contributed by atoms with E-state index < -0.39 is 5.97 Å². The van der Waals surface area contributed by atoms with E-state index in [9.17, 15) is 9.59 Å². The van der Waals surface area contributed by atoms with Crippen molar-refractivity contribution in [1.29, 1.82) is 0 Å². The van der Waals surface area contributed by atoms with E-state index in [1.165, 1.54) is 24.3 Å². The topological polar surface area (TPSA) is 95.4 Å². The van der Waals surface area contributed by atoms with Crippen molar-refractivity contribution in [2.24, 2.45) is 0 Å². The van der Waals surface area contributed by atoms with Gasteiger partial charge in [-0.2, -0.15) is 0 Å². The molecule has 0 saturated carbocycles. The molecule has 1 fully saturated rings. The van der Waals surface area contributed by atoms with Crippen LogP contribution in [-0.2, 0) is 0 Å². The van der Waals surface area contributed by atoms with Gasteiger partial charge in [0.05, 0.1) is 5.56 Å². The summed E-state index contributed by atoms with van der Waals surface area (Å²) >= 11 is 0. The zero-order valence-corrected chi connectivity index (χ0v) is 13.1. The first-order chi connectivity index (χ1) is 11.6. The number of nitrogens with zero attached hydrogens (tertiary/aromatic N) is 3. The molecule has 7 heteroatoms. The third kappa shape index (κ3) is 3.68. The van der Waals surface area contributed by atoms with Crippen LogP contribution in [0.2, 0.25) is 0 Å². The van der Waals surface area contributed by atoms with E-state index in [2.05, 4.69) is 20.2 Å². The molecule has 1 aliphatic rings. The molecule has 2 heterocycles. The molecule has 0 aliphatic carbocycles. The molecule has 7 nitrogen and oxygen atoms in total. The predicted octanol–water partition coefficient (Wildman–Crippen LogP) is 1.57. The lowest BCUT2D eigenvalue weighted by atomic mass is 10.0. The average molecular weight is 326 g/mol. The van der Waals surface area contributed by atoms with Gasteiger partial charge in [-0.3, -0.25) is 4.79 Å². The van der Waals surface area contributed by atoms with Gasteiger partial charge in [-0.05, 0) is 43.2 Å². The van der Waals surface area contributed by atoms with Crippen molar-refractivity contribution in [3.63, 3.8) is 0 Å². The number of carboxylic acid groups (broad SMARTS) is 1. The summed E-state index contributed by atoms with van der Waals surface area (Å²) in [7, 11) is 0. The molecule has 1 amide bonds. The lowest BCUT2D eigenvalue weighted by molar-refractivity contribution is 0.0696. The number of hydrogen-bond donors (Lipinski definition) is 2. The van der Waals surface area contributed by atoms with Gasteiger partial charge in [-0.15, -0.1) is 0 Å². The molecule has 1 saturated heterocycles. The first-order valence-electron chi connectivity index (χ1n) is 7.79. The summed E-state index contributed by atoms with van der Waals surface area (Å²) in [5, 5.41) is 11.9. The molecule has 0 radical (unpaired) electrons. The lowest BCUT2D eigenvalue weighted by Crippen LogP contribution is -2.45. The van der Waals surface area contributed by atoms with E-state index in [-0.39, 0.29) is 17.5 Å². The lowest BCUT2D eigenvalue weighted by Gasteiger charge is -2.32. The molecule has 24 heavy (non-hydrogen) atoms. The summed E-state index contributed by atoms with van der Waals surface area (Å²) < 4.78 is 0. The van der Waals surface area contributed by atoms with E-state index in [1.54, 1.807) is 18.5 Å². The first kappa shape index (κ1) is 15.9. The number of hydrogen-bond acceptors (Lipinski definition) is 5. The highest BCUT2D eigenvalue weighted by molar-refractivity contribution is 5.96. The van der Waals surface area contributed by atoms with Gasteiger partial charge in [0.1, 0.15) is 0 Å². The van der Waals surface area contributed by atoms with Crippen molar-refractivity contribution in [2.45, 2.75) is 18.9 Å². The fraction of sp³-hybridized carbons (Fsp3) is 0.294. The Morgan fingerprint density at radius 3 is 2.21 bits per heavy atom. The minimum absolute atomic E-state index is 0.0941. The van der Waals surface area contributed by atoms with Gasteiger partial charge in [-0.25, -0.2) is 14.8 Å². The van der Waals surface area contributed by atoms with E-state index in [0.29, 0.717) is 11.5 Å². The second-order valence-electron chi connectivity index (χ2n) is 5.67. The van der Waals surface area contributed by atoms with E-state index in [0.717, 1.165) is 25.9 Å². The Hall–Kier alpha value is -2.96. The molecule has 0 unspecified atom stereocenters. The molecule has 0 bridgehead atoms. The Morgan fingerprint density at radius 1 is 1.04 bits per heavy atom. The summed E-state index contributed by atoms with van der Waals surface area (Å²) in [5.41, 5.74) is 0.636.